The average molecular weight is 600 g/mol. The molecule has 44 heavy (non-hydrogen) atoms. The fourth-order valence-corrected chi connectivity index (χ4v) is 5.54. The molecule has 1 aromatic heterocycles. The lowest BCUT2D eigenvalue weighted by Gasteiger charge is -2.11. The number of aryl methyl sites for hydroxylation is 4. The summed E-state index contributed by atoms with van der Waals surface area (Å²) in [4.78, 5) is 22.7. The number of carboxylic acid groups (broad SMARTS) is 2. The number of ether oxygens (including phenoxy) is 2. The second-order valence-corrected chi connectivity index (χ2v) is 10.9. The Bertz CT molecular complexity index is 1690. The molecule has 0 aliphatic carbocycles. The summed E-state index contributed by atoms with van der Waals surface area (Å²) in [6.07, 6.45) is 8.19. The standard InChI is InChI=1S/C36H38FNO6/c1-23-18-24(2)36(25(3)19-23)44-17-6-5-16-43-30-14-11-27(12-15-30)10-13-28-20-29(37)21-32-31(8-7-9-33(39)40)26(4)38(35(28)32)22-34(41)42/h5-6,10-15,18-21H,7-9,16-17,22H2,1-4H3,(H,39,40)(H,41,42)/b6-5+,13-10+. The number of fused-ring (bicyclic) bond motifs is 1. The molecule has 0 spiro atoms. The van der Waals surface area contributed by atoms with Gasteiger partial charge in [0.2, 0.25) is 0 Å². The number of carboxylic acids is 2. The van der Waals surface area contributed by atoms with Gasteiger partial charge in [-0.1, -0.05) is 42.0 Å². The third kappa shape index (κ3) is 8.16. The molecule has 1 heterocycles. The molecule has 4 rings (SSSR count). The second kappa shape index (κ2) is 14.6. The van der Waals surface area contributed by atoms with Crippen molar-refractivity contribution in [3.05, 3.63) is 106 Å². The van der Waals surface area contributed by atoms with Crippen molar-refractivity contribution in [1.82, 2.24) is 4.57 Å². The normalized spacial score (nSPS) is 11.6. The molecule has 8 heteroatoms. The Morgan fingerprint density at radius 1 is 0.864 bits per heavy atom. The van der Waals surface area contributed by atoms with Gasteiger partial charge < -0.3 is 24.3 Å². The molecular weight excluding hydrogens is 561 g/mol. The maximum absolute atomic E-state index is 14.8. The lowest BCUT2D eigenvalue weighted by Crippen LogP contribution is -2.10. The molecule has 0 aliphatic heterocycles. The molecule has 2 N–H and O–H groups in total. The molecule has 0 aliphatic rings. The van der Waals surface area contributed by atoms with Crippen LogP contribution in [-0.4, -0.2) is 39.9 Å². The molecule has 0 saturated heterocycles. The highest BCUT2D eigenvalue weighted by molar-refractivity contribution is 5.95. The minimum absolute atomic E-state index is 0.0228. The van der Waals surface area contributed by atoms with Crippen LogP contribution in [0.25, 0.3) is 23.1 Å². The summed E-state index contributed by atoms with van der Waals surface area (Å²) in [5.41, 5.74) is 6.90. The maximum Gasteiger partial charge on any atom is 0.323 e. The van der Waals surface area contributed by atoms with E-state index in [0.717, 1.165) is 28.0 Å². The zero-order valence-electron chi connectivity index (χ0n) is 25.5. The largest absolute Gasteiger partial charge is 0.490 e. The van der Waals surface area contributed by atoms with Gasteiger partial charge in [-0.3, -0.25) is 9.59 Å². The molecule has 230 valence electrons. The van der Waals surface area contributed by atoms with Crippen molar-refractivity contribution in [3.8, 4) is 11.5 Å². The third-order valence-corrected chi connectivity index (χ3v) is 7.43. The van der Waals surface area contributed by atoms with Crippen molar-refractivity contribution in [2.45, 2.75) is 53.5 Å². The molecule has 0 atom stereocenters. The van der Waals surface area contributed by atoms with E-state index in [-0.39, 0.29) is 13.0 Å². The van der Waals surface area contributed by atoms with Crippen molar-refractivity contribution in [3.63, 3.8) is 0 Å². The van der Waals surface area contributed by atoms with Gasteiger partial charge in [-0.15, -0.1) is 0 Å². The Kier molecular flexibility index (Phi) is 10.6. The summed E-state index contributed by atoms with van der Waals surface area (Å²) in [6.45, 7) is 8.50. The van der Waals surface area contributed by atoms with Gasteiger partial charge in [0.15, 0.2) is 0 Å². The molecule has 0 radical (unpaired) electrons. The van der Waals surface area contributed by atoms with Gasteiger partial charge in [0, 0.05) is 23.1 Å². The first-order valence-corrected chi connectivity index (χ1v) is 14.5. The van der Waals surface area contributed by atoms with Gasteiger partial charge in [0.25, 0.3) is 0 Å². The molecule has 0 saturated carbocycles. The van der Waals surface area contributed by atoms with Gasteiger partial charge in [0.1, 0.15) is 37.1 Å². The molecule has 3 aromatic carbocycles. The molecular formula is C36H38FNO6. The van der Waals surface area contributed by atoms with Crippen molar-refractivity contribution in [2.75, 3.05) is 13.2 Å². The number of halogens is 1. The van der Waals surface area contributed by atoms with Gasteiger partial charge in [0.05, 0.1) is 5.52 Å². The quantitative estimate of drug-likeness (QED) is 0.114. The maximum atomic E-state index is 14.8. The van der Waals surface area contributed by atoms with E-state index >= 15 is 0 Å². The second-order valence-electron chi connectivity index (χ2n) is 10.9. The fraction of sp³-hybridized carbons (Fsp3) is 0.278. The molecule has 7 nitrogen and oxygen atoms in total. The number of aliphatic carboxylic acids is 2. The average Bonchev–Trinajstić information content (AvgIpc) is 3.20. The van der Waals surface area contributed by atoms with E-state index in [0.29, 0.717) is 54.0 Å². The predicted octanol–water partition coefficient (Wildman–Crippen LogP) is 7.69. The van der Waals surface area contributed by atoms with Crippen LogP contribution in [0.2, 0.25) is 0 Å². The number of hydrogen-bond acceptors (Lipinski definition) is 4. The summed E-state index contributed by atoms with van der Waals surface area (Å²) >= 11 is 0. The van der Waals surface area contributed by atoms with Crippen LogP contribution in [0.1, 0.15) is 51.9 Å². The number of hydrogen-bond donors (Lipinski definition) is 2. The van der Waals surface area contributed by atoms with E-state index in [1.165, 1.54) is 17.7 Å². The van der Waals surface area contributed by atoms with E-state index in [4.69, 9.17) is 14.6 Å². The minimum Gasteiger partial charge on any atom is -0.490 e. The van der Waals surface area contributed by atoms with Crippen molar-refractivity contribution in [1.29, 1.82) is 0 Å². The summed E-state index contributed by atoms with van der Waals surface area (Å²) in [5, 5.41) is 19.2. The number of carbonyl (C=O) groups is 2. The van der Waals surface area contributed by atoms with Crippen LogP contribution in [0, 0.1) is 33.5 Å². The topological polar surface area (TPSA) is 98.0 Å². The van der Waals surface area contributed by atoms with Crippen LogP contribution in [0.15, 0.2) is 60.7 Å². The molecule has 0 unspecified atom stereocenters. The number of benzene rings is 3. The smallest absolute Gasteiger partial charge is 0.323 e. The highest BCUT2D eigenvalue weighted by Gasteiger charge is 2.19. The minimum atomic E-state index is -1.02. The SMILES string of the molecule is Cc1cc(C)c(OC/C=C/COc2ccc(/C=C/c3cc(F)cc4c(CCCC(=O)O)c(C)n(CC(=O)O)c34)cc2)c(C)c1. The van der Waals surface area contributed by atoms with Crippen LogP contribution in [0.4, 0.5) is 4.39 Å². The van der Waals surface area contributed by atoms with Crippen LogP contribution in [0.3, 0.4) is 0 Å². The number of aromatic nitrogens is 1. The highest BCUT2D eigenvalue weighted by atomic mass is 19.1. The predicted molar refractivity (Wildman–Crippen MR) is 171 cm³/mol. The Morgan fingerprint density at radius 3 is 2.16 bits per heavy atom. The van der Waals surface area contributed by atoms with Crippen LogP contribution in [-0.2, 0) is 22.6 Å². The Morgan fingerprint density at radius 2 is 1.52 bits per heavy atom. The zero-order chi connectivity index (χ0) is 31.8. The Hall–Kier alpha value is -4.85. The fourth-order valence-electron chi connectivity index (χ4n) is 5.54. The summed E-state index contributed by atoms with van der Waals surface area (Å²) in [5.74, 6) is -0.771. The van der Waals surface area contributed by atoms with Crippen molar-refractivity contribution in [2.24, 2.45) is 0 Å². The summed E-state index contributed by atoms with van der Waals surface area (Å²) < 4.78 is 28.2. The van der Waals surface area contributed by atoms with E-state index in [1.54, 1.807) is 17.6 Å². The lowest BCUT2D eigenvalue weighted by atomic mass is 10.0. The van der Waals surface area contributed by atoms with E-state index < -0.39 is 17.8 Å². The molecule has 0 amide bonds. The van der Waals surface area contributed by atoms with Gasteiger partial charge in [-0.25, -0.2) is 4.39 Å². The Labute approximate surface area is 256 Å². The summed E-state index contributed by atoms with van der Waals surface area (Å²) in [6, 6.07) is 14.5. The van der Waals surface area contributed by atoms with E-state index in [9.17, 15) is 19.1 Å². The van der Waals surface area contributed by atoms with Gasteiger partial charge in [-0.05, 0) is 99.2 Å². The third-order valence-electron chi connectivity index (χ3n) is 7.43. The zero-order valence-corrected chi connectivity index (χ0v) is 25.5. The molecule has 4 aromatic rings. The van der Waals surface area contributed by atoms with Crippen molar-refractivity contribution >= 4 is 35.0 Å². The summed E-state index contributed by atoms with van der Waals surface area (Å²) in [7, 11) is 0. The van der Waals surface area contributed by atoms with E-state index in [2.05, 4.69) is 19.1 Å². The van der Waals surface area contributed by atoms with Crippen LogP contribution >= 0.6 is 0 Å². The van der Waals surface area contributed by atoms with Gasteiger partial charge in [-0.2, -0.15) is 0 Å². The number of rotatable bonds is 14. The first-order valence-electron chi connectivity index (χ1n) is 14.5. The lowest BCUT2D eigenvalue weighted by molar-refractivity contribution is -0.138. The number of nitrogens with zero attached hydrogens (tertiary/aromatic N) is 1. The molecule has 0 fully saturated rings. The molecule has 0 bridgehead atoms. The highest BCUT2D eigenvalue weighted by Crippen LogP contribution is 2.32. The van der Waals surface area contributed by atoms with Gasteiger partial charge >= 0.3 is 11.9 Å². The Balaban J connectivity index is 1.43. The van der Waals surface area contributed by atoms with E-state index in [1.807, 2.05) is 56.3 Å². The first-order chi connectivity index (χ1) is 21.0. The van der Waals surface area contributed by atoms with Crippen LogP contribution in [0.5, 0.6) is 11.5 Å². The first kappa shape index (κ1) is 32.1. The van der Waals surface area contributed by atoms with Crippen LogP contribution < -0.4 is 9.47 Å². The van der Waals surface area contributed by atoms with Crippen molar-refractivity contribution < 1.29 is 33.7 Å². The monoisotopic (exact) mass is 599 g/mol.